The molecular weight excluding hydrogens is 288 g/mol. The van der Waals surface area contributed by atoms with Crippen LogP contribution in [0.15, 0.2) is 10.7 Å². The van der Waals surface area contributed by atoms with Gasteiger partial charge in [0, 0.05) is 13.2 Å². The molecule has 1 unspecified atom stereocenters. The molecule has 1 saturated heterocycles. The van der Waals surface area contributed by atoms with E-state index in [1.807, 2.05) is 0 Å². The molecule has 94 valence electrons. The number of hydrogen-bond acceptors (Lipinski definition) is 3. The lowest BCUT2D eigenvalue weighted by Gasteiger charge is -2.11. The van der Waals surface area contributed by atoms with Crippen molar-refractivity contribution in [3.8, 4) is 0 Å². The maximum atomic E-state index is 11.5. The van der Waals surface area contributed by atoms with Crippen LogP contribution < -0.4 is 10.6 Å². The van der Waals surface area contributed by atoms with Crippen LogP contribution in [0.4, 0.5) is 4.79 Å². The van der Waals surface area contributed by atoms with Crippen LogP contribution >= 0.6 is 15.9 Å². The first-order chi connectivity index (χ1) is 8.25. The number of H-pyrrole nitrogens is 1. The van der Waals surface area contributed by atoms with Crippen molar-refractivity contribution in [2.24, 2.45) is 0 Å². The van der Waals surface area contributed by atoms with Crippen LogP contribution in [0.1, 0.15) is 18.5 Å². The Morgan fingerprint density at radius 1 is 1.65 bits per heavy atom. The van der Waals surface area contributed by atoms with Crippen molar-refractivity contribution in [3.63, 3.8) is 0 Å². The van der Waals surface area contributed by atoms with Crippen molar-refractivity contribution in [1.29, 1.82) is 0 Å². The smallest absolute Gasteiger partial charge is 0.315 e. The van der Waals surface area contributed by atoms with E-state index >= 15 is 0 Å². The molecule has 0 saturated carbocycles. The predicted octanol–water partition coefficient (Wildman–Crippen LogP) is 1.15. The first kappa shape index (κ1) is 12.4. The normalized spacial score (nSPS) is 19.2. The minimum absolute atomic E-state index is 0.166. The molecule has 1 atom stereocenters. The summed E-state index contributed by atoms with van der Waals surface area (Å²) in [6, 6.07) is -0.193. The molecule has 6 nitrogen and oxygen atoms in total. The zero-order chi connectivity index (χ0) is 12.1. The van der Waals surface area contributed by atoms with Crippen molar-refractivity contribution in [3.05, 3.63) is 16.4 Å². The Balaban J connectivity index is 1.65. The van der Waals surface area contributed by atoms with Gasteiger partial charge in [-0.1, -0.05) is 0 Å². The number of rotatable bonds is 4. The number of carbonyl (C=O) groups is 1. The van der Waals surface area contributed by atoms with Crippen LogP contribution in [0.3, 0.4) is 0 Å². The van der Waals surface area contributed by atoms with Gasteiger partial charge in [0.25, 0.3) is 0 Å². The minimum atomic E-state index is -0.193. The lowest BCUT2D eigenvalue weighted by atomic mass is 10.2. The molecular formula is C10H15BrN4O2. The monoisotopic (exact) mass is 302 g/mol. The first-order valence-corrected chi connectivity index (χ1v) is 6.36. The number of carbonyl (C=O) groups excluding carboxylic acids is 1. The van der Waals surface area contributed by atoms with Gasteiger partial charge in [0.1, 0.15) is 0 Å². The molecule has 1 aliphatic heterocycles. The molecule has 0 aromatic carbocycles. The van der Waals surface area contributed by atoms with E-state index in [0.717, 1.165) is 29.6 Å². The largest absolute Gasteiger partial charge is 0.376 e. The Labute approximate surface area is 108 Å². The molecule has 2 heterocycles. The van der Waals surface area contributed by atoms with Gasteiger partial charge in [0.15, 0.2) is 0 Å². The molecule has 0 spiro atoms. The van der Waals surface area contributed by atoms with Gasteiger partial charge in [0.05, 0.1) is 29.0 Å². The molecule has 0 aliphatic carbocycles. The minimum Gasteiger partial charge on any atom is -0.376 e. The third-order valence-corrected chi connectivity index (χ3v) is 3.29. The Kier molecular flexibility index (Phi) is 4.38. The number of nitrogens with zero attached hydrogens (tertiary/aromatic N) is 1. The maximum absolute atomic E-state index is 11.5. The maximum Gasteiger partial charge on any atom is 0.315 e. The summed E-state index contributed by atoms with van der Waals surface area (Å²) in [7, 11) is 0. The van der Waals surface area contributed by atoms with Crippen LogP contribution in [0.5, 0.6) is 0 Å². The summed E-state index contributed by atoms with van der Waals surface area (Å²) < 4.78 is 6.26. The second-order valence-electron chi connectivity index (χ2n) is 3.90. The van der Waals surface area contributed by atoms with Crippen LogP contribution in [0.25, 0.3) is 0 Å². The van der Waals surface area contributed by atoms with Crippen molar-refractivity contribution < 1.29 is 9.53 Å². The zero-order valence-electron chi connectivity index (χ0n) is 9.33. The van der Waals surface area contributed by atoms with E-state index in [2.05, 4.69) is 36.8 Å². The number of aromatic nitrogens is 2. The highest BCUT2D eigenvalue weighted by atomic mass is 79.9. The lowest BCUT2D eigenvalue weighted by Crippen LogP contribution is -2.39. The van der Waals surface area contributed by atoms with Crippen LogP contribution in [-0.2, 0) is 11.3 Å². The van der Waals surface area contributed by atoms with Gasteiger partial charge in [-0.05, 0) is 28.8 Å². The fourth-order valence-electron chi connectivity index (χ4n) is 1.67. The summed E-state index contributed by atoms with van der Waals surface area (Å²) in [6.07, 6.45) is 3.92. The van der Waals surface area contributed by atoms with Gasteiger partial charge >= 0.3 is 6.03 Å². The van der Waals surface area contributed by atoms with Crippen LogP contribution in [0, 0.1) is 0 Å². The average Bonchev–Trinajstić information content (AvgIpc) is 2.95. The van der Waals surface area contributed by atoms with E-state index in [9.17, 15) is 4.79 Å². The summed E-state index contributed by atoms with van der Waals surface area (Å²) in [4.78, 5) is 11.5. The molecule has 2 rings (SSSR count). The number of amides is 2. The Morgan fingerprint density at radius 3 is 3.18 bits per heavy atom. The topological polar surface area (TPSA) is 79.0 Å². The van der Waals surface area contributed by atoms with Gasteiger partial charge in [-0.15, -0.1) is 0 Å². The summed E-state index contributed by atoms with van der Waals surface area (Å²) in [6.45, 7) is 1.78. The molecule has 2 amide bonds. The van der Waals surface area contributed by atoms with E-state index < -0.39 is 0 Å². The van der Waals surface area contributed by atoms with E-state index in [4.69, 9.17) is 4.74 Å². The SMILES string of the molecule is O=C(NCc1[nH]ncc1Br)NCC1CCCO1. The Morgan fingerprint density at radius 2 is 2.53 bits per heavy atom. The molecule has 0 radical (unpaired) electrons. The van der Waals surface area contributed by atoms with E-state index in [1.165, 1.54) is 0 Å². The molecule has 7 heteroatoms. The summed E-state index contributed by atoms with van der Waals surface area (Å²) in [5.74, 6) is 0. The summed E-state index contributed by atoms with van der Waals surface area (Å²) in [5, 5.41) is 12.2. The predicted molar refractivity (Wildman–Crippen MR) is 65.5 cm³/mol. The number of urea groups is 1. The van der Waals surface area contributed by atoms with Crippen LogP contribution in [-0.4, -0.2) is 35.5 Å². The van der Waals surface area contributed by atoms with Crippen molar-refractivity contribution in [1.82, 2.24) is 20.8 Å². The molecule has 3 N–H and O–H groups in total. The highest BCUT2D eigenvalue weighted by Crippen LogP contribution is 2.12. The third-order valence-electron chi connectivity index (χ3n) is 2.61. The fourth-order valence-corrected chi connectivity index (χ4v) is 2.00. The zero-order valence-corrected chi connectivity index (χ0v) is 10.9. The van der Waals surface area contributed by atoms with E-state index in [1.54, 1.807) is 6.20 Å². The van der Waals surface area contributed by atoms with Crippen molar-refractivity contribution >= 4 is 22.0 Å². The van der Waals surface area contributed by atoms with Crippen molar-refractivity contribution in [2.45, 2.75) is 25.5 Å². The average molecular weight is 303 g/mol. The van der Waals surface area contributed by atoms with Gasteiger partial charge in [-0.3, -0.25) is 5.10 Å². The molecule has 1 aromatic heterocycles. The van der Waals surface area contributed by atoms with Gasteiger partial charge in [0.2, 0.25) is 0 Å². The molecule has 17 heavy (non-hydrogen) atoms. The van der Waals surface area contributed by atoms with Gasteiger partial charge in [-0.25, -0.2) is 4.79 Å². The second kappa shape index (κ2) is 6.02. The summed E-state index contributed by atoms with van der Waals surface area (Å²) >= 11 is 3.32. The van der Waals surface area contributed by atoms with E-state index in [-0.39, 0.29) is 12.1 Å². The molecule has 1 aliphatic rings. The van der Waals surface area contributed by atoms with Gasteiger partial charge < -0.3 is 15.4 Å². The Bertz CT molecular complexity index is 376. The Hall–Kier alpha value is -1.08. The number of halogens is 1. The fraction of sp³-hybridized carbons (Fsp3) is 0.600. The molecule has 0 bridgehead atoms. The number of hydrogen-bond donors (Lipinski definition) is 3. The highest BCUT2D eigenvalue weighted by molar-refractivity contribution is 9.10. The summed E-state index contributed by atoms with van der Waals surface area (Å²) in [5.41, 5.74) is 0.845. The van der Waals surface area contributed by atoms with Crippen LogP contribution in [0.2, 0.25) is 0 Å². The molecule has 1 fully saturated rings. The quantitative estimate of drug-likeness (QED) is 0.780. The second-order valence-corrected chi connectivity index (χ2v) is 4.75. The van der Waals surface area contributed by atoms with E-state index in [0.29, 0.717) is 13.1 Å². The first-order valence-electron chi connectivity index (χ1n) is 5.57. The third kappa shape index (κ3) is 3.71. The highest BCUT2D eigenvalue weighted by Gasteiger charge is 2.16. The number of nitrogens with one attached hydrogen (secondary N) is 3. The molecule has 1 aromatic rings. The lowest BCUT2D eigenvalue weighted by molar-refractivity contribution is 0.111. The number of aromatic amines is 1. The van der Waals surface area contributed by atoms with Gasteiger partial charge in [-0.2, -0.15) is 5.10 Å². The standard InChI is InChI=1S/C10H15BrN4O2/c11-8-5-14-15-9(8)6-13-10(16)12-4-7-2-1-3-17-7/h5,7H,1-4,6H2,(H,14,15)(H2,12,13,16). The van der Waals surface area contributed by atoms with Crippen molar-refractivity contribution in [2.75, 3.05) is 13.2 Å². The number of ether oxygens (including phenoxy) is 1.